The van der Waals surface area contributed by atoms with Gasteiger partial charge >= 0.3 is 0 Å². The highest BCUT2D eigenvalue weighted by molar-refractivity contribution is 7.59. The van der Waals surface area contributed by atoms with Gasteiger partial charge in [0.25, 0.3) is 5.91 Å². The van der Waals surface area contributed by atoms with Gasteiger partial charge in [0.1, 0.15) is 30.9 Å². The van der Waals surface area contributed by atoms with E-state index in [1.807, 2.05) is 12.1 Å². The van der Waals surface area contributed by atoms with Crippen molar-refractivity contribution in [3.05, 3.63) is 35.4 Å². The number of nitrogens with zero attached hydrogens (tertiary/aromatic N) is 2. The number of piperidine rings is 1. The molecule has 1 aromatic rings. The summed E-state index contributed by atoms with van der Waals surface area (Å²) in [6, 6.07) is 6.65. The van der Waals surface area contributed by atoms with Crippen molar-refractivity contribution in [2.24, 2.45) is 5.92 Å². The van der Waals surface area contributed by atoms with Gasteiger partial charge in [-0.15, -0.1) is 0 Å². The van der Waals surface area contributed by atoms with E-state index in [4.69, 9.17) is 9.47 Å². The average molecular weight is 648 g/mol. The fourth-order valence-corrected chi connectivity index (χ4v) is 6.83. The molecule has 1 N–H and O–H groups in total. The largest absolute Gasteiger partial charge is 0.377 e. The number of benzene rings is 1. The number of hydrogen-bond donors (Lipinski definition) is 1. The topological polar surface area (TPSA) is 88.2 Å². The molecule has 41 heavy (non-hydrogen) atoms. The van der Waals surface area contributed by atoms with Crippen LogP contribution in [-0.2, 0) is 19.1 Å². The minimum Gasteiger partial charge on any atom is -0.377 e. The van der Waals surface area contributed by atoms with Crippen molar-refractivity contribution in [1.82, 2.24) is 15.1 Å². The van der Waals surface area contributed by atoms with Crippen LogP contribution in [-0.4, -0.2) is 91.6 Å². The number of likely N-dealkylation sites (tertiary alicyclic amines) is 2. The molecule has 0 bridgehead atoms. The number of nitrogens with one attached hydrogen (secondary N) is 1. The van der Waals surface area contributed by atoms with E-state index in [-0.39, 0.29) is 90.2 Å². The van der Waals surface area contributed by atoms with E-state index in [1.54, 1.807) is 12.0 Å². The van der Waals surface area contributed by atoms with Crippen molar-refractivity contribution >= 4 is 71.6 Å². The quantitative estimate of drug-likeness (QED) is 0.467. The fourth-order valence-electron chi connectivity index (χ4n) is 6.83. The summed E-state index contributed by atoms with van der Waals surface area (Å²) in [6.07, 6.45) is 6.60. The van der Waals surface area contributed by atoms with E-state index in [0.29, 0.717) is 18.0 Å². The molecule has 1 aromatic carbocycles. The van der Waals surface area contributed by atoms with Crippen LogP contribution in [0.5, 0.6) is 0 Å². The van der Waals surface area contributed by atoms with Gasteiger partial charge in [-0.3, -0.25) is 14.4 Å². The normalized spacial score (nSPS) is 25.3. The molecule has 0 spiro atoms. The Bertz CT molecular complexity index is 987. The predicted octanol–water partition coefficient (Wildman–Crippen LogP) is 3.21. The molecule has 2 amide bonds. The summed E-state index contributed by atoms with van der Waals surface area (Å²) in [5, 5.41) is 3.07. The summed E-state index contributed by atoms with van der Waals surface area (Å²) in [6.45, 7) is 5.95. The third-order valence-corrected chi connectivity index (χ3v) is 8.92. The van der Waals surface area contributed by atoms with Crippen LogP contribution < -0.4 is 5.32 Å². The lowest BCUT2D eigenvalue weighted by Crippen LogP contribution is -2.54. The number of carbonyl (C=O) groups is 3. The first-order valence-corrected chi connectivity index (χ1v) is 14.1. The van der Waals surface area contributed by atoms with Gasteiger partial charge in [0.15, 0.2) is 5.78 Å². The summed E-state index contributed by atoms with van der Waals surface area (Å²) in [4.78, 5) is 43.9. The molecule has 8 nitrogen and oxygen atoms in total. The lowest BCUT2D eigenvalue weighted by Gasteiger charge is -2.32. The summed E-state index contributed by atoms with van der Waals surface area (Å²) in [7, 11) is 1.58. The molecular formula is C29H49N3O5S4. The Balaban J connectivity index is 0.00000210. The van der Waals surface area contributed by atoms with Gasteiger partial charge in [-0.25, -0.2) is 0 Å². The van der Waals surface area contributed by atoms with E-state index in [9.17, 15) is 14.4 Å². The average Bonchev–Trinajstić information content (AvgIpc) is 3.67. The van der Waals surface area contributed by atoms with E-state index in [2.05, 4.69) is 29.3 Å². The van der Waals surface area contributed by atoms with E-state index < -0.39 is 18.2 Å². The van der Waals surface area contributed by atoms with Crippen molar-refractivity contribution in [1.29, 1.82) is 0 Å². The second-order valence-electron chi connectivity index (χ2n) is 11.2. The van der Waals surface area contributed by atoms with Crippen LogP contribution in [0.3, 0.4) is 0 Å². The Morgan fingerprint density at radius 1 is 1.02 bits per heavy atom. The first-order valence-electron chi connectivity index (χ1n) is 14.1. The van der Waals surface area contributed by atoms with Gasteiger partial charge < -0.3 is 24.6 Å². The van der Waals surface area contributed by atoms with Crippen LogP contribution in [0.25, 0.3) is 0 Å². The smallest absolute Gasteiger partial charge is 0.251 e. The molecule has 1 aliphatic carbocycles. The maximum atomic E-state index is 13.8. The predicted molar refractivity (Wildman–Crippen MR) is 181 cm³/mol. The number of fused-ring (bicyclic) bond motifs is 1. The van der Waals surface area contributed by atoms with E-state index in [0.717, 1.165) is 51.6 Å². The molecule has 0 radical (unpaired) electrons. The van der Waals surface area contributed by atoms with Crippen molar-refractivity contribution in [3.63, 3.8) is 0 Å². The highest BCUT2D eigenvalue weighted by atomic mass is 32.1. The molecule has 4 aliphatic rings. The third-order valence-electron chi connectivity index (χ3n) is 8.92. The van der Waals surface area contributed by atoms with Gasteiger partial charge in [-0.1, -0.05) is 31.9 Å². The molecule has 4 atom stereocenters. The Labute approximate surface area is 272 Å². The first kappa shape index (κ1) is 38.1. The maximum Gasteiger partial charge on any atom is 0.251 e. The monoisotopic (exact) mass is 647 g/mol. The Hall–Kier alpha value is -0.890. The van der Waals surface area contributed by atoms with Crippen LogP contribution in [0.1, 0.15) is 73.7 Å². The summed E-state index contributed by atoms with van der Waals surface area (Å²) in [5.41, 5.74) is 1.85. The minimum atomic E-state index is -0.651. The van der Waals surface area contributed by atoms with Gasteiger partial charge in [-0.2, -0.15) is 54.0 Å². The van der Waals surface area contributed by atoms with Crippen LogP contribution in [0.2, 0.25) is 0 Å². The molecule has 234 valence electrons. The number of Topliss-reactive ketones (excluding diaryl/α,β-unsaturated/α-hetero) is 1. The van der Waals surface area contributed by atoms with Crippen LogP contribution in [0.4, 0.5) is 0 Å². The minimum absolute atomic E-state index is 0. The second kappa shape index (κ2) is 17.4. The van der Waals surface area contributed by atoms with Gasteiger partial charge in [0.05, 0.1) is 6.54 Å². The second-order valence-corrected chi connectivity index (χ2v) is 11.2. The standard InChI is InChI=1S/C29H41N3O5.4H2S/c1-3-14-31-15-12-20(13-16-31)19-8-10-22(11-9-19)28(34)30-25(21-6-4-5-7-21)29(35)32-17-24(36-2)27-26(32)23(33)18-37-27;;;;/h8-11,20-21,24-27H,3-7,12-18H2,1-2H3,(H,30,34);4*1H2/t24-,25-,26+,27+;;;;/m0..../s1. The van der Waals surface area contributed by atoms with Gasteiger partial charge in [-0.05, 0) is 81.3 Å². The molecule has 0 aromatic heterocycles. The molecule has 3 heterocycles. The molecule has 3 saturated heterocycles. The van der Waals surface area contributed by atoms with Gasteiger partial charge in [0.2, 0.25) is 5.91 Å². The van der Waals surface area contributed by atoms with Crippen molar-refractivity contribution < 1.29 is 23.9 Å². The Morgan fingerprint density at radius 2 is 1.66 bits per heavy atom. The maximum absolute atomic E-state index is 13.8. The highest BCUT2D eigenvalue weighted by Gasteiger charge is 2.54. The number of carbonyl (C=O) groups excluding carboxylic acids is 3. The summed E-state index contributed by atoms with van der Waals surface area (Å²) in [5.74, 6) is 0.0831. The molecule has 4 fully saturated rings. The van der Waals surface area contributed by atoms with Crippen LogP contribution in [0, 0.1) is 5.92 Å². The van der Waals surface area contributed by atoms with Crippen LogP contribution in [0.15, 0.2) is 24.3 Å². The lowest BCUT2D eigenvalue weighted by atomic mass is 9.89. The van der Waals surface area contributed by atoms with Crippen LogP contribution >= 0.6 is 54.0 Å². The molecule has 1 saturated carbocycles. The van der Waals surface area contributed by atoms with Crippen molar-refractivity contribution in [2.75, 3.05) is 39.9 Å². The Morgan fingerprint density at radius 3 is 2.24 bits per heavy atom. The zero-order valence-corrected chi connectivity index (χ0v) is 28.2. The van der Waals surface area contributed by atoms with E-state index in [1.165, 1.54) is 18.5 Å². The fraction of sp³-hybridized carbons (Fsp3) is 0.690. The number of ketones is 1. The third kappa shape index (κ3) is 8.39. The summed E-state index contributed by atoms with van der Waals surface area (Å²) < 4.78 is 11.2. The van der Waals surface area contributed by atoms with E-state index >= 15 is 0 Å². The van der Waals surface area contributed by atoms with Crippen molar-refractivity contribution in [3.8, 4) is 0 Å². The van der Waals surface area contributed by atoms with Crippen molar-refractivity contribution in [2.45, 2.75) is 82.1 Å². The molecule has 0 unspecified atom stereocenters. The number of rotatable bonds is 8. The number of methoxy groups -OCH3 is 1. The number of amides is 2. The molecule has 5 rings (SSSR count). The highest BCUT2D eigenvalue weighted by Crippen LogP contribution is 2.34. The summed E-state index contributed by atoms with van der Waals surface area (Å²) >= 11 is 0. The number of ether oxygens (including phenoxy) is 2. The SMILES string of the molecule is CCCN1CCC(c2ccc(C(=O)N[C@H](C(=O)N3C[C@H](OC)[C@H]4OCC(=O)[C@H]43)C3CCCC3)cc2)CC1.S.S.S.S. The Kier molecular flexibility index (Phi) is 16.2. The molecule has 12 heteroatoms. The lowest BCUT2D eigenvalue weighted by molar-refractivity contribution is -0.139. The van der Waals surface area contributed by atoms with Gasteiger partial charge in [0, 0.05) is 12.7 Å². The molecule has 3 aliphatic heterocycles. The zero-order valence-electron chi connectivity index (χ0n) is 24.2. The molecular weight excluding hydrogens is 599 g/mol. The first-order chi connectivity index (χ1) is 18.0. The number of hydrogen-bond acceptors (Lipinski definition) is 6. The zero-order chi connectivity index (χ0) is 25.9.